The van der Waals surface area contributed by atoms with Crippen molar-refractivity contribution >= 4 is 11.5 Å². The molecule has 3 aliphatic carbocycles. The van der Waals surface area contributed by atoms with E-state index in [1.807, 2.05) is 30.3 Å². The lowest BCUT2D eigenvalue weighted by Gasteiger charge is -2.23. The van der Waals surface area contributed by atoms with Crippen LogP contribution in [0.15, 0.2) is 47.6 Å². The smallest absolute Gasteiger partial charge is 0.211 e. The van der Waals surface area contributed by atoms with Gasteiger partial charge in [-0.1, -0.05) is 47.6 Å². The molecule has 0 saturated heterocycles. The van der Waals surface area contributed by atoms with E-state index < -0.39 is 0 Å². The fraction of sp³-hybridized carbons (Fsp3) is 0.444. The molecule has 1 aromatic carbocycles. The van der Waals surface area contributed by atoms with E-state index in [1.54, 1.807) is 0 Å². The fourth-order valence-corrected chi connectivity index (χ4v) is 5.02. The number of allylic oxidation sites excluding steroid dienone is 2. The molecular formula is C18H17NO2. The molecule has 106 valence electrons. The van der Waals surface area contributed by atoms with E-state index in [4.69, 9.17) is 4.84 Å². The van der Waals surface area contributed by atoms with Crippen LogP contribution in [-0.4, -0.2) is 17.6 Å². The monoisotopic (exact) mass is 279 g/mol. The normalized spacial score (nSPS) is 41.6. The predicted octanol–water partition coefficient (Wildman–Crippen LogP) is 3.08. The van der Waals surface area contributed by atoms with Crippen LogP contribution in [0, 0.1) is 29.6 Å². The lowest BCUT2D eigenvalue weighted by molar-refractivity contribution is 0.0268. The molecule has 0 radical (unpaired) electrons. The van der Waals surface area contributed by atoms with Gasteiger partial charge in [0.25, 0.3) is 0 Å². The Hall–Kier alpha value is -1.90. The molecule has 0 amide bonds. The highest BCUT2D eigenvalue weighted by molar-refractivity contribution is 6.47. The third-order valence-electron chi connectivity index (χ3n) is 5.88. The number of benzene rings is 1. The molecule has 0 spiro atoms. The Bertz CT molecular complexity index is 663. The lowest BCUT2D eigenvalue weighted by atomic mass is 9.85. The van der Waals surface area contributed by atoms with Gasteiger partial charge in [-0.25, -0.2) is 0 Å². The van der Waals surface area contributed by atoms with Crippen LogP contribution >= 0.6 is 0 Å². The lowest BCUT2D eigenvalue weighted by Crippen LogP contribution is -2.29. The summed E-state index contributed by atoms with van der Waals surface area (Å²) >= 11 is 0. The Labute approximate surface area is 123 Å². The van der Waals surface area contributed by atoms with E-state index in [0.717, 1.165) is 12.0 Å². The maximum absolute atomic E-state index is 12.7. The molecule has 6 unspecified atom stereocenters. The van der Waals surface area contributed by atoms with Crippen molar-refractivity contribution in [2.24, 2.45) is 34.7 Å². The zero-order valence-corrected chi connectivity index (χ0v) is 11.7. The Morgan fingerprint density at radius 1 is 1.10 bits per heavy atom. The standard InChI is InChI=1S/C18H17NO2/c20-17(10-4-2-1-3-5-10)16-14-9-13-11-6-7-12(8-11)15(13)18(14)21-19-16/h1-7,11-15,18H,8-9H2. The number of ketones is 1. The quantitative estimate of drug-likeness (QED) is 0.616. The summed E-state index contributed by atoms with van der Waals surface area (Å²) in [7, 11) is 0. The molecule has 0 aromatic heterocycles. The van der Waals surface area contributed by atoms with Crippen LogP contribution in [0.3, 0.4) is 0 Å². The zero-order chi connectivity index (χ0) is 14.0. The Morgan fingerprint density at radius 3 is 2.76 bits per heavy atom. The summed E-state index contributed by atoms with van der Waals surface area (Å²) in [6.07, 6.45) is 7.22. The molecular weight excluding hydrogens is 262 g/mol. The topological polar surface area (TPSA) is 38.7 Å². The van der Waals surface area contributed by atoms with Crippen LogP contribution in [0.5, 0.6) is 0 Å². The molecule has 2 bridgehead atoms. The first-order valence-electron chi connectivity index (χ1n) is 7.85. The van der Waals surface area contributed by atoms with E-state index in [1.165, 1.54) is 6.42 Å². The highest BCUT2D eigenvalue weighted by Crippen LogP contribution is 2.59. The Kier molecular flexibility index (Phi) is 2.27. The Morgan fingerprint density at radius 2 is 1.90 bits per heavy atom. The van der Waals surface area contributed by atoms with E-state index in [2.05, 4.69) is 17.3 Å². The third-order valence-corrected chi connectivity index (χ3v) is 5.88. The number of fused-ring (bicyclic) bond motifs is 7. The van der Waals surface area contributed by atoms with Gasteiger partial charge < -0.3 is 4.84 Å². The van der Waals surface area contributed by atoms with E-state index in [0.29, 0.717) is 29.4 Å². The number of Topliss-reactive ketones (excluding diaryl/α,β-unsaturated/α-hetero) is 1. The highest BCUT2D eigenvalue weighted by Gasteiger charge is 2.60. The van der Waals surface area contributed by atoms with Crippen molar-refractivity contribution in [3.8, 4) is 0 Å². The zero-order valence-electron chi connectivity index (χ0n) is 11.7. The van der Waals surface area contributed by atoms with Gasteiger partial charge in [0.1, 0.15) is 11.8 Å². The molecule has 5 rings (SSSR count). The summed E-state index contributed by atoms with van der Waals surface area (Å²) in [6, 6.07) is 9.44. The van der Waals surface area contributed by atoms with Gasteiger partial charge in [0.05, 0.1) is 0 Å². The largest absolute Gasteiger partial charge is 0.391 e. The number of hydrogen-bond acceptors (Lipinski definition) is 3. The van der Waals surface area contributed by atoms with Crippen molar-refractivity contribution in [2.75, 3.05) is 0 Å². The van der Waals surface area contributed by atoms with Gasteiger partial charge in [-0.2, -0.15) is 0 Å². The number of carbonyl (C=O) groups excluding carboxylic acids is 1. The van der Waals surface area contributed by atoms with Crippen molar-refractivity contribution in [3.05, 3.63) is 48.0 Å². The summed E-state index contributed by atoms with van der Waals surface area (Å²) in [5, 5.41) is 4.18. The van der Waals surface area contributed by atoms with Crippen molar-refractivity contribution in [1.29, 1.82) is 0 Å². The fourth-order valence-electron chi connectivity index (χ4n) is 5.02. The summed E-state index contributed by atoms with van der Waals surface area (Å²) in [5.41, 5.74) is 1.37. The second-order valence-electron chi connectivity index (χ2n) is 6.77. The second-order valence-corrected chi connectivity index (χ2v) is 6.77. The molecule has 6 atom stereocenters. The molecule has 2 fully saturated rings. The predicted molar refractivity (Wildman–Crippen MR) is 78.9 cm³/mol. The van der Waals surface area contributed by atoms with Gasteiger partial charge in [0.15, 0.2) is 0 Å². The van der Waals surface area contributed by atoms with Gasteiger partial charge in [-0.15, -0.1) is 0 Å². The average molecular weight is 279 g/mol. The number of oxime groups is 1. The molecule has 0 N–H and O–H groups in total. The first kappa shape index (κ1) is 11.7. The first-order valence-corrected chi connectivity index (χ1v) is 7.85. The minimum Gasteiger partial charge on any atom is -0.391 e. The number of rotatable bonds is 2. The van der Waals surface area contributed by atoms with Crippen molar-refractivity contribution in [3.63, 3.8) is 0 Å². The summed E-state index contributed by atoms with van der Waals surface area (Å²) in [6.45, 7) is 0. The van der Waals surface area contributed by atoms with E-state index in [9.17, 15) is 4.79 Å². The van der Waals surface area contributed by atoms with Crippen LogP contribution in [0.4, 0.5) is 0 Å². The maximum Gasteiger partial charge on any atom is 0.211 e. The van der Waals surface area contributed by atoms with Crippen LogP contribution in [0.2, 0.25) is 0 Å². The number of nitrogens with zero attached hydrogens (tertiary/aromatic N) is 1. The number of hydrogen-bond donors (Lipinski definition) is 0. The molecule has 3 nitrogen and oxygen atoms in total. The van der Waals surface area contributed by atoms with Gasteiger partial charge in [-0.3, -0.25) is 4.79 Å². The second kappa shape index (κ2) is 4.06. The number of carbonyl (C=O) groups is 1. The van der Waals surface area contributed by atoms with Crippen LogP contribution in [0.25, 0.3) is 0 Å². The van der Waals surface area contributed by atoms with E-state index >= 15 is 0 Å². The summed E-state index contributed by atoms with van der Waals surface area (Å²) in [5.74, 6) is 2.89. The molecule has 21 heavy (non-hydrogen) atoms. The molecule has 1 aromatic rings. The maximum atomic E-state index is 12.7. The summed E-state index contributed by atoms with van der Waals surface area (Å²) in [4.78, 5) is 18.4. The van der Waals surface area contributed by atoms with Crippen molar-refractivity contribution in [2.45, 2.75) is 18.9 Å². The molecule has 4 aliphatic rings. The molecule has 1 aliphatic heterocycles. The first-order chi connectivity index (χ1) is 10.3. The highest BCUT2D eigenvalue weighted by atomic mass is 16.6. The van der Waals surface area contributed by atoms with Crippen molar-refractivity contribution < 1.29 is 9.63 Å². The van der Waals surface area contributed by atoms with Crippen molar-refractivity contribution in [1.82, 2.24) is 0 Å². The average Bonchev–Trinajstić information content (AvgIpc) is 3.25. The molecule has 2 saturated carbocycles. The van der Waals surface area contributed by atoms with Crippen LogP contribution in [-0.2, 0) is 4.84 Å². The third kappa shape index (κ3) is 1.49. The molecule has 1 heterocycles. The van der Waals surface area contributed by atoms with Gasteiger partial charge in [0, 0.05) is 17.4 Å². The summed E-state index contributed by atoms with van der Waals surface area (Å²) < 4.78 is 0. The van der Waals surface area contributed by atoms with Gasteiger partial charge in [-0.05, 0) is 30.6 Å². The van der Waals surface area contributed by atoms with Crippen LogP contribution < -0.4 is 0 Å². The molecule has 3 heteroatoms. The minimum atomic E-state index is 0.0448. The van der Waals surface area contributed by atoms with Gasteiger partial charge in [0.2, 0.25) is 5.78 Å². The van der Waals surface area contributed by atoms with Gasteiger partial charge >= 0.3 is 0 Å². The minimum absolute atomic E-state index is 0.0448. The van der Waals surface area contributed by atoms with Crippen LogP contribution in [0.1, 0.15) is 23.2 Å². The van der Waals surface area contributed by atoms with E-state index in [-0.39, 0.29) is 17.8 Å². The SMILES string of the molecule is O=C(C1=NOC2C1CC1C3C=CC(C3)C12)c1ccccc1. The Balaban J connectivity index is 1.44.